The molecule has 2 aromatic heterocycles. The molecule has 224 valence electrons. The molecule has 2 bridgehead atoms. The van der Waals surface area contributed by atoms with Crippen molar-refractivity contribution in [1.82, 2.24) is 20.3 Å². The minimum absolute atomic E-state index is 0.108. The van der Waals surface area contributed by atoms with Crippen molar-refractivity contribution in [3.63, 3.8) is 0 Å². The predicted octanol–water partition coefficient (Wildman–Crippen LogP) is 6.81. The number of fused-ring (bicyclic) bond motifs is 3. The van der Waals surface area contributed by atoms with Gasteiger partial charge in [0.25, 0.3) is 5.91 Å². The van der Waals surface area contributed by atoms with Crippen molar-refractivity contribution >= 4 is 17.5 Å². The number of amides is 1. The van der Waals surface area contributed by atoms with Crippen LogP contribution < -0.4 is 14.8 Å². The molecule has 3 aliphatic rings. The maximum Gasteiger partial charge on any atom is 0.254 e. The number of methoxy groups -OCH3 is 1. The third kappa shape index (κ3) is 5.65. The van der Waals surface area contributed by atoms with Crippen molar-refractivity contribution in [2.75, 3.05) is 13.7 Å². The van der Waals surface area contributed by atoms with Gasteiger partial charge in [-0.1, -0.05) is 12.1 Å². The number of oxazole rings is 1. The lowest BCUT2D eigenvalue weighted by molar-refractivity contribution is 0.0286. The minimum atomic E-state index is -1.55. The molecule has 0 saturated heterocycles. The van der Waals surface area contributed by atoms with E-state index < -0.39 is 34.7 Å². The van der Waals surface area contributed by atoms with Crippen molar-refractivity contribution in [2.24, 2.45) is 5.41 Å². The highest BCUT2D eigenvalue weighted by molar-refractivity contribution is 6.28. The van der Waals surface area contributed by atoms with Crippen molar-refractivity contribution in [1.29, 1.82) is 0 Å². The van der Waals surface area contributed by atoms with Crippen LogP contribution in [0, 0.1) is 22.9 Å². The van der Waals surface area contributed by atoms with Gasteiger partial charge in [0.05, 0.1) is 18.9 Å². The number of halogens is 4. The lowest BCUT2D eigenvalue weighted by Crippen LogP contribution is -2.49. The normalized spacial score (nSPS) is 21.0. The Morgan fingerprint density at radius 1 is 1.02 bits per heavy atom. The average Bonchev–Trinajstić information content (AvgIpc) is 3.54. The zero-order valence-electron chi connectivity index (χ0n) is 23.3. The number of ether oxygens (including phenoxy) is 2. The molecule has 4 aromatic rings. The summed E-state index contributed by atoms with van der Waals surface area (Å²) < 4.78 is 60.9. The summed E-state index contributed by atoms with van der Waals surface area (Å²) >= 11 is 5.90. The van der Waals surface area contributed by atoms with Crippen LogP contribution >= 0.6 is 11.6 Å². The quantitative estimate of drug-likeness (QED) is 0.164. The molecule has 0 spiro atoms. The Kier molecular flexibility index (Phi) is 7.76. The van der Waals surface area contributed by atoms with E-state index in [4.69, 9.17) is 25.5 Å². The van der Waals surface area contributed by atoms with Crippen LogP contribution in [-0.4, -0.2) is 34.5 Å². The van der Waals surface area contributed by atoms with Gasteiger partial charge in [-0.15, -0.1) is 0 Å². The van der Waals surface area contributed by atoms with E-state index in [2.05, 4.69) is 20.3 Å². The van der Waals surface area contributed by atoms with Crippen molar-refractivity contribution in [3.05, 3.63) is 88.4 Å². The molecule has 12 heteroatoms. The van der Waals surface area contributed by atoms with Crippen LogP contribution in [0.15, 0.2) is 53.2 Å². The first-order valence-electron chi connectivity index (χ1n) is 13.9. The fraction of sp³-hybridized carbons (Fsp3) is 0.355. The molecule has 2 heterocycles. The Balaban J connectivity index is 1.08. The monoisotopic (exact) mass is 612 g/mol. The number of aromatic nitrogens is 3. The molecule has 3 saturated carbocycles. The molecule has 0 atom stereocenters. The number of hydrogen-bond acceptors (Lipinski definition) is 7. The Labute approximate surface area is 250 Å². The van der Waals surface area contributed by atoms with Gasteiger partial charge in [-0.05, 0) is 85.4 Å². The minimum Gasteiger partial charge on any atom is -0.497 e. The third-order valence-electron chi connectivity index (χ3n) is 8.80. The number of carbonyl (C=O) groups excluding carboxylic acids is 1. The van der Waals surface area contributed by atoms with Gasteiger partial charge < -0.3 is 19.2 Å². The summed E-state index contributed by atoms with van der Waals surface area (Å²) in [4.78, 5) is 25.3. The summed E-state index contributed by atoms with van der Waals surface area (Å²) in [5.74, 6) is -4.15. The van der Waals surface area contributed by atoms with Gasteiger partial charge >= 0.3 is 0 Å². The largest absolute Gasteiger partial charge is 0.497 e. The van der Waals surface area contributed by atoms with Crippen LogP contribution in [0.5, 0.6) is 11.5 Å². The van der Waals surface area contributed by atoms with Crippen LogP contribution in [0.3, 0.4) is 0 Å². The molecule has 3 aliphatic carbocycles. The summed E-state index contributed by atoms with van der Waals surface area (Å²) in [6.45, 7) is 0.0680. The van der Waals surface area contributed by atoms with E-state index in [0.29, 0.717) is 29.0 Å². The first-order valence-corrected chi connectivity index (χ1v) is 14.3. The van der Waals surface area contributed by atoms with Crippen LogP contribution in [-0.2, 0) is 12.0 Å². The number of hydrogen-bond donors (Lipinski definition) is 1. The molecule has 1 N–H and O–H groups in total. The van der Waals surface area contributed by atoms with Crippen molar-refractivity contribution in [2.45, 2.75) is 50.5 Å². The van der Waals surface area contributed by atoms with E-state index in [1.807, 2.05) is 0 Å². The number of nitrogens with one attached hydrogen (secondary N) is 1. The van der Waals surface area contributed by atoms with E-state index in [1.54, 1.807) is 36.5 Å². The van der Waals surface area contributed by atoms with Gasteiger partial charge in [0.15, 0.2) is 17.4 Å². The summed E-state index contributed by atoms with van der Waals surface area (Å²) in [6, 6.07) is 9.00. The van der Waals surface area contributed by atoms with E-state index in [-0.39, 0.29) is 29.3 Å². The number of carbonyl (C=O) groups is 1. The van der Waals surface area contributed by atoms with E-state index in [0.717, 1.165) is 44.3 Å². The van der Waals surface area contributed by atoms with Gasteiger partial charge in [0.2, 0.25) is 17.0 Å². The zero-order chi connectivity index (χ0) is 30.2. The second kappa shape index (κ2) is 11.5. The van der Waals surface area contributed by atoms with E-state index >= 15 is 0 Å². The fourth-order valence-electron chi connectivity index (χ4n) is 6.11. The van der Waals surface area contributed by atoms with Crippen LogP contribution in [0.2, 0.25) is 5.28 Å². The van der Waals surface area contributed by atoms with Gasteiger partial charge in [-0.2, -0.15) is 4.39 Å². The molecule has 1 amide bonds. The molecule has 7 rings (SSSR count). The Morgan fingerprint density at radius 2 is 1.74 bits per heavy atom. The van der Waals surface area contributed by atoms with Crippen molar-refractivity contribution in [3.8, 4) is 23.1 Å². The highest BCUT2D eigenvalue weighted by atomic mass is 35.5. The summed E-state index contributed by atoms with van der Waals surface area (Å²) in [5, 5.41) is 2.83. The van der Waals surface area contributed by atoms with Crippen LogP contribution in [0.4, 0.5) is 13.2 Å². The Morgan fingerprint density at radius 3 is 2.42 bits per heavy atom. The number of rotatable bonds is 9. The molecular weight excluding hydrogens is 585 g/mol. The maximum atomic E-state index is 14.9. The first-order chi connectivity index (χ1) is 20.7. The summed E-state index contributed by atoms with van der Waals surface area (Å²) in [5.41, 5.74) is 0.0273. The van der Waals surface area contributed by atoms with Gasteiger partial charge in [-0.3, -0.25) is 4.79 Å². The summed E-state index contributed by atoms with van der Waals surface area (Å²) in [7, 11) is 1.51. The van der Waals surface area contributed by atoms with Gasteiger partial charge in [-0.25, -0.2) is 23.7 Å². The predicted molar refractivity (Wildman–Crippen MR) is 150 cm³/mol. The first kappa shape index (κ1) is 29.0. The summed E-state index contributed by atoms with van der Waals surface area (Å²) in [6.07, 6.45) is 8.13. The second-order valence-corrected chi connectivity index (χ2v) is 11.5. The second-order valence-electron chi connectivity index (χ2n) is 11.2. The molecule has 3 fully saturated rings. The molecule has 0 unspecified atom stereocenters. The van der Waals surface area contributed by atoms with Crippen LogP contribution in [0.1, 0.15) is 60.2 Å². The molecular formula is C31H28ClF3N4O4. The number of nitrogens with zero attached hydrogens (tertiary/aromatic N) is 3. The molecule has 2 aromatic carbocycles. The lowest BCUT2D eigenvalue weighted by atomic mass is 9.53. The van der Waals surface area contributed by atoms with E-state index in [9.17, 15) is 18.0 Å². The third-order valence-corrected chi connectivity index (χ3v) is 8.98. The zero-order valence-corrected chi connectivity index (χ0v) is 24.0. The smallest absolute Gasteiger partial charge is 0.254 e. The Bertz CT molecular complexity index is 1640. The SMILES string of the molecule is COc1ccc(COc2c(F)cc(C(=O)NCC34CCC(c5cnc(-c6ccnc(Cl)n6)o5)(CC3)CC4)c(F)c2F)cc1. The average molecular weight is 613 g/mol. The molecule has 8 nitrogen and oxygen atoms in total. The topological polar surface area (TPSA) is 99.4 Å². The van der Waals surface area contributed by atoms with Crippen LogP contribution in [0.25, 0.3) is 11.6 Å². The van der Waals surface area contributed by atoms with Gasteiger partial charge in [0.1, 0.15) is 23.8 Å². The Hall–Kier alpha value is -4.12. The molecule has 0 aliphatic heterocycles. The van der Waals surface area contributed by atoms with E-state index in [1.165, 1.54) is 13.3 Å². The molecule has 43 heavy (non-hydrogen) atoms. The highest BCUT2D eigenvalue weighted by Crippen LogP contribution is 2.57. The molecule has 0 radical (unpaired) electrons. The highest BCUT2D eigenvalue weighted by Gasteiger charge is 2.51. The number of benzene rings is 2. The van der Waals surface area contributed by atoms with Crippen molar-refractivity contribution < 1.29 is 31.9 Å². The maximum absolute atomic E-state index is 14.9. The lowest BCUT2D eigenvalue weighted by Gasteiger charge is -2.52. The van der Waals surface area contributed by atoms with Gasteiger partial charge in [0, 0.05) is 18.2 Å². The fourth-order valence-corrected chi connectivity index (χ4v) is 6.25. The standard InChI is InChI=1S/C31H28ClF3N4O4/c1-41-19-4-2-18(3-5-19)16-42-26-21(33)14-20(24(34)25(26)35)27(40)38-17-30-7-10-31(11-8-30,12-9-30)23-15-37-28(43-23)22-6-13-36-29(32)39-22/h2-6,13-15H,7-12,16-17H2,1H3,(H,38,40).